The molecule has 2 fully saturated rings. The molecule has 3 nitrogen and oxygen atoms in total. The molecule has 2 aliphatic rings. The summed E-state index contributed by atoms with van der Waals surface area (Å²) in [6, 6.07) is 9.73. The number of fused-ring (bicyclic) bond motifs is 1. The fourth-order valence-electron chi connectivity index (χ4n) is 3.48. The minimum atomic E-state index is 0.337. The first-order valence-electron chi connectivity index (χ1n) is 8.10. The molecular formula is C17H25BrN2O. The van der Waals surface area contributed by atoms with Gasteiger partial charge in [0, 0.05) is 29.6 Å². The van der Waals surface area contributed by atoms with Crippen molar-refractivity contribution in [1.82, 2.24) is 10.2 Å². The molecule has 3 atom stereocenters. The second-order valence-electron chi connectivity index (χ2n) is 6.17. The predicted molar refractivity (Wildman–Crippen MR) is 89.5 cm³/mol. The summed E-state index contributed by atoms with van der Waals surface area (Å²) < 4.78 is 7.17. The Balaban J connectivity index is 1.52. The van der Waals surface area contributed by atoms with Crippen molar-refractivity contribution in [1.29, 1.82) is 0 Å². The van der Waals surface area contributed by atoms with Crippen LogP contribution in [-0.4, -0.2) is 43.3 Å². The zero-order valence-electron chi connectivity index (χ0n) is 12.7. The second-order valence-corrected chi connectivity index (χ2v) is 7.08. The summed E-state index contributed by atoms with van der Waals surface area (Å²) in [6.07, 6.45) is 4.09. The van der Waals surface area contributed by atoms with Crippen LogP contribution < -0.4 is 5.32 Å². The molecule has 0 radical (unpaired) electrons. The zero-order chi connectivity index (χ0) is 14.7. The highest BCUT2D eigenvalue weighted by Gasteiger charge is 2.32. The van der Waals surface area contributed by atoms with Crippen molar-refractivity contribution in [2.75, 3.05) is 26.2 Å². The van der Waals surface area contributed by atoms with Crippen molar-refractivity contribution < 1.29 is 4.74 Å². The molecule has 0 amide bonds. The first kappa shape index (κ1) is 15.5. The van der Waals surface area contributed by atoms with E-state index >= 15 is 0 Å². The molecule has 116 valence electrons. The van der Waals surface area contributed by atoms with Crippen LogP contribution in [0.2, 0.25) is 0 Å². The van der Waals surface area contributed by atoms with Crippen LogP contribution in [0.15, 0.2) is 28.7 Å². The zero-order valence-corrected chi connectivity index (χ0v) is 14.3. The molecule has 0 bridgehead atoms. The lowest BCUT2D eigenvalue weighted by molar-refractivity contribution is -0.0479. The number of benzene rings is 1. The molecule has 3 rings (SSSR count). The fraction of sp³-hybridized carbons (Fsp3) is 0.647. The van der Waals surface area contributed by atoms with Crippen molar-refractivity contribution in [2.45, 2.75) is 44.4 Å². The van der Waals surface area contributed by atoms with Gasteiger partial charge in [0.2, 0.25) is 0 Å². The van der Waals surface area contributed by atoms with Gasteiger partial charge in [-0.1, -0.05) is 35.0 Å². The summed E-state index contributed by atoms with van der Waals surface area (Å²) in [5, 5.41) is 3.69. The molecule has 0 aliphatic carbocycles. The molecule has 1 N–H and O–H groups in total. The van der Waals surface area contributed by atoms with Gasteiger partial charge in [-0.25, -0.2) is 0 Å². The highest BCUT2D eigenvalue weighted by molar-refractivity contribution is 9.10. The van der Waals surface area contributed by atoms with Gasteiger partial charge in [-0.2, -0.15) is 0 Å². The fourth-order valence-corrected chi connectivity index (χ4v) is 3.74. The summed E-state index contributed by atoms with van der Waals surface area (Å²) in [4.78, 5) is 2.61. The SMILES string of the molecule is CCC(NCC1CN2CCCC2CO1)c1ccc(Br)cc1. The highest BCUT2D eigenvalue weighted by Crippen LogP contribution is 2.23. The van der Waals surface area contributed by atoms with Crippen LogP contribution in [0.3, 0.4) is 0 Å². The van der Waals surface area contributed by atoms with Crippen molar-refractivity contribution in [2.24, 2.45) is 0 Å². The molecule has 2 saturated heterocycles. The molecule has 0 aromatic heterocycles. The molecular weight excluding hydrogens is 328 g/mol. The Morgan fingerprint density at radius 2 is 2.19 bits per heavy atom. The lowest BCUT2D eigenvalue weighted by Crippen LogP contribution is -2.49. The minimum absolute atomic E-state index is 0.337. The van der Waals surface area contributed by atoms with Gasteiger partial charge in [0.25, 0.3) is 0 Å². The molecule has 2 heterocycles. The van der Waals surface area contributed by atoms with E-state index in [-0.39, 0.29) is 0 Å². The third kappa shape index (κ3) is 3.86. The normalized spacial score (nSPS) is 27.5. The standard InChI is InChI=1S/C17H25BrN2O/c1-2-17(13-5-7-14(18)8-6-13)19-10-16-11-20-9-3-4-15(20)12-21-16/h5-8,15-17,19H,2-4,9-12H2,1H3. The summed E-state index contributed by atoms with van der Waals surface area (Å²) in [5.74, 6) is 0. The van der Waals surface area contributed by atoms with Gasteiger partial charge in [-0.15, -0.1) is 0 Å². The van der Waals surface area contributed by atoms with Gasteiger partial charge in [0.1, 0.15) is 0 Å². The summed E-state index contributed by atoms with van der Waals surface area (Å²) in [6.45, 7) is 6.44. The first-order chi connectivity index (χ1) is 10.3. The van der Waals surface area contributed by atoms with E-state index in [1.165, 1.54) is 24.9 Å². The average Bonchev–Trinajstić information content (AvgIpc) is 2.97. The van der Waals surface area contributed by atoms with Crippen LogP contribution >= 0.6 is 15.9 Å². The van der Waals surface area contributed by atoms with Gasteiger partial charge in [0.05, 0.1) is 12.7 Å². The van der Waals surface area contributed by atoms with Gasteiger partial charge in [-0.05, 0) is 43.5 Å². The lowest BCUT2D eigenvalue weighted by atomic mass is 10.0. The van der Waals surface area contributed by atoms with Crippen molar-refractivity contribution in [3.63, 3.8) is 0 Å². The smallest absolute Gasteiger partial charge is 0.0827 e. The number of morpholine rings is 1. The van der Waals surface area contributed by atoms with Gasteiger partial charge >= 0.3 is 0 Å². The van der Waals surface area contributed by atoms with E-state index in [4.69, 9.17) is 4.74 Å². The van der Waals surface area contributed by atoms with Crippen LogP contribution in [0.1, 0.15) is 37.8 Å². The maximum absolute atomic E-state index is 6.03. The van der Waals surface area contributed by atoms with Crippen LogP contribution in [0, 0.1) is 0 Å². The van der Waals surface area contributed by atoms with E-state index in [1.807, 2.05) is 0 Å². The third-order valence-electron chi connectivity index (χ3n) is 4.73. The Kier molecular flexibility index (Phi) is 5.33. The molecule has 0 spiro atoms. The van der Waals surface area contributed by atoms with Crippen molar-refractivity contribution in [3.8, 4) is 0 Å². The van der Waals surface area contributed by atoms with E-state index in [1.54, 1.807) is 0 Å². The Morgan fingerprint density at radius 3 is 2.95 bits per heavy atom. The largest absolute Gasteiger partial charge is 0.374 e. The lowest BCUT2D eigenvalue weighted by Gasteiger charge is -2.36. The molecule has 0 saturated carbocycles. The predicted octanol–water partition coefficient (Wildman–Crippen LogP) is 3.35. The van der Waals surface area contributed by atoms with Crippen molar-refractivity contribution >= 4 is 15.9 Å². The third-order valence-corrected chi connectivity index (χ3v) is 5.26. The van der Waals surface area contributed by atoms with Crippen LogP contribution in [0.5, 0.6) is 0 Å². The second kappa shape index (κ2) is 7.23. The molecule has 1 aromatic rings. The summed E-state index contributed by atoms with van der Waals surface area (Å²) in [7, 11) is 0. The van der Waals surface area contributed by atoms with Crippen LogP contribution in [0.25, 0.3) is 0 Å². The highest BCUT2D eigenvalue weighted by atomic mass is 79.9. The maximum atomic E-state index is 6.03. The van der Waals surface area contributed by atoms with Gasteiger partial charge in [0.15, 0.2) is 0 Å². The number of nitrogens with one attached hydrogen (secondary N) is 1. The number of hydrogen-bond donors (Lipinski definition) is 1. The van der Waals surface area contributed by atoms with E-state index in [9.17, 15) is 0 Å². The van der Waals surface area contributed by atoms with E-state index in [2.05, 4.69) is 57.3 Å². The first-order valence-corrected chi connectivity index (χ1v) is 8.90. The average molecular weight is 353 g/mol. The topological polar surface area (TPSA) is 24.5 Å². The maximum Gasteiger partial charge on any atom is 0.0827 e. The Hall–Kier alpha value is -0.420. The number of rotatable bonds is 5. The summed E-state index contributed by atoms with van der Waals surface area (Å²) >= 11 is 3.50. The number of ether oxygens (including phenoxy) is 1. The monoisotopic (exact) mass is 352 g/mol. The Bertz CT molecular complexity index is 451. The van der Waals surface area contributed by atoms with Gasteiger partial charge in [-0.3, -0.25) is 4.90 Å². The Labute approximate surface area is 136 Å². The van der Waals surface area contributed by atoms with E-state index in [0.29, 0.717) is 18.2 Å². The molecule has 2 aliphatic heterocycles. The minimum Gasteiger partial charge on any atom is -0.374 e. The van der Waals surface area contributed by atoms with Crippen LogP contribution in [-0.2, 0) is 4.74 Å². The molecule has 1 aromatic carbocycles. The number of hydrogen-bond acceptors (Lipinski definition) is 3. The van der Waals surface area contributed by atoms with Crippen molar-refractivity contribution in [3.05, 3.63) is 34.3 Å². The molecule has 21 heavy (non-hydrogen) atoms. The number of nitrogens with zero attached hydrogens (tertiary/aromatic N) is 1. The number of halogens is 1. The molecule has 4 heteroatoms. The Morgan fingerprint density at radius 1 is 1.38 bits per heavy atom. The van der Waals surface area contributed by atoms with E-state index < -0.39 is 0 Å². The quantitative estimate of drug-likeness (QED) is 0.879. The summed E-state index contributed by atoms with van der Waals surface area (Å²) in [5.41, 5.74) is 1.36. The van der Waals surface area contributed by atoms with E-state index in [0.717, 1.165) is 30.6 Å². The van der Waals surface area contributed by atoms with Crippen LogP contribution in [0.4, 0.5) is 0 Å². The van der Waals surface area contributed by atoms with Gasteiger partial charge < -0.3 is 10.1 Å². The molecule has 3 unspecified atom stereocenters.